The topological polar surface area (TPSA) is 57.7 Å². The van der Waals surface area contributed by atoms with Crippen LogP contribution in [0.3, 0.4) is 0 Å². The first-order chi connectivity index (χ1) is 6.99. The van der Waals surface area contributed by atoms with Crippen molar-refractivity contribution in [2.75, 3.05) is 13.6 Å². The van der Waals surface area contributed by atoms with Crippen LogP contribution < -0.4 is 0 Å². The third kappa shape index (κ3) is 2.06. The molecule has 5 nitrogen and oxygen atoms in total. The molecule has 15 heavy (non-hydrogen) atoms. The van der Waals surface area contributed by atoms with Gasteiger partial charge in [0, 0.05) is 25.7 Å². The van der Waals surface area contributed by atoms with E-state index in [4.69, 9.17) is 0 Å². The lowest BCUT2D eigenvalue weighted by molar-refractivity contribution is -0.148. The van der Waals surface area contributed by atoms with Crippen LogP contribution in [0.25, 0.3) is 0 Å². The molecule has 0 radical (unpaired) electrons. The number of nitrogens with zero attached hydrogens (tertiary/aromatic N) is 2. The van der Waals surface area contributed by atoms with E-state index in [9.17, 15) is 14.4 Å². The molecule has 1 aliphatic heterocycles. The molecule has 3 amide bonds. The summed E-state index contributed by atoms with van der Waals surface area (Å²) in [4.78, 5) is 36.7. The molecular weight excluding hydrogens is 196 g/mol. The predicted molar refractivity (Wildman–Crippen MR) is 53.8 cm³/mol. The van der Waals surface area contributed by atoms with Gasteiger partial charge in [-0.15, -0.1) is 0 Å². The van der Waals surface area contributed by atoms with Crippen LogP contribution in [0.2, 0.25) is 0 Å². The molecule has 0 saturated carbocycles. The molecular formula is C10H14N2O3. The minimum atomic E-state index is -0.732. The van der Waals surface area contributed by atoms with E-state index in [0.29, 0.717) is 6.54 Å². The third-order valence-corrected chi connectivity index (χ3v) is 2.44. The molecule has 5 heteroatoms. The Kier molecular flexibility index (Phi) is 3.24. The second-order valence-corrected chi connectivity index (χ2v) is 3.41. The quantitative estimate of drug-likeness (QED) is 0.605. The SMILES string of the molecule is CCN(C)C(=O)C(C)N1C(=O)C=CC1=O. The van der Waals surface area contributed by atoms with Gasteiger partial charge in [0.1, 0.15) is 6.04 Å². The molecule has 0 aromatic carbocycles. The largest absolute Gasteiger partial charge is 0.344 e. The molecule has 1 atom stereocenters. The van der Waals surface area contributed by atoms with Crippen LogP contribution in [0.5, 0.6) is 0 Å². The maximum atomic E-state index is 11.7. The number of likely N-dealkylation sites (N-methyl/N-ethyl adjacent to an activating group) is 1. The fourth-order valence-electron chi connectivity index (χ4n) is 1.38. The van der Waals surface area contributed by atoms with Crippen molar-refractivity contribution in [2.45, 2.75) is 19.9 Å². The Labute approximate surface area is 88.3 Å². The molecule has 0 aromatic rings. The summed E-state index contributed by atoms with van der Waals surface area (Å²) in [5.41, 5.74) is 0. The molecule has 0 aromatic heterocycles. The van der Waals surface area contributed by atoms with Gasteiger partial charge in [0.25, 0.3) is 11.8 Å². The number of hydrogen-bond acceptors (Lipinski definition) is 3. The van der Waals surface area contributed by atoms with E-state index in [1.54, 1.807) is 14.0 Å². The third-order valence-electron chi connectivity index (χ3n) is 2.44. The molecule has 1 aliphatic rings. The van der Waals surface area contributed by atoms with Crippen molar-refractivity contribution in [3.8, 4) is 0 Å². The van der Waals surface area contributed by atoms with Crippen molar-refractivity contribution in [3.05, 3.63) is 12.2 Å². The Bertz CT molecular complexity index is 318. The van der Waals surface area contributed by atoms with Gasteiger partial charge in [-0.3, -0.25) is 19.3 Å². The smallest absolute Gasteiger partial charge is 0.254 e. The van der Waals surface area contributed by atoms with E-state index < -0.39 is 17.9 Å². The summed E-state index contributed by atoms with van der Waals surface area (Å²) in [7, 11) is 1.64. The zero-order chi connectivity index (χ0) is 11.6. The van der Waals surface area contributed by atoms with Crippen molar-refractivity contribution in [1.29, 1.82) is 0 Å². The van der Waals surface area contributed by atoms with E-state index in [2.05, 4.69) is 0 Å². The van der Waals surface area contributed by atoms with Crippen LogP contribution in [-0.4, -0.2) is 47.2 Å². The van der Waals surface area contributed by atoms with Gasteiger partial charge in [-0.25, -0.2) is 0 Å². The van der Waals surface area contributed by atoms with Crippen LogP contribution in [0, 0.1) is 0 Å². The zero-order valence-corrected chi connectivity index (χ0v) is 9.06. The summed E-state index contributed by atoms with van der Waals surface area (Å²) < 4.78 is 0. The van der Waals surface area contributed by atoms with Crippen molar-refractivity contribution >= 4 is 17.7 Å². The second-order valence-electron chi connectivity index (χ2n) is 3.41. The summed E-state index contributed by atoms with van der Waals surface area (Å²) in [6.45, 7) is 3.93. The van der Waals surface area contributed by atoms with Gasteiger partial charge in [-0.1, -0.05) is 0 Å². The van der Waals surface area contributed by atoms with E-state index in [1.165, 1.54) is 17.1 Å². The molecule has 0 bridgehead atoms. The molecule has 0 spiro atoms. The molecule has 1 rings (SSSR count). The normalized spacial score (nSPS) is 17.1. The van der Waals surface area contributed by atoms with E-state index >= 15 is 0 Å². The van der Waals surface area contributed by atoms with Crippen LogP contribution in [0.1, 0.15) is 13.8 Å². The molecule has 1 unspecified atom stereocenters. The fourth-order valence-corrected chi connectivity index (χ4v) is 1.38. The lowest BCUT2D eigenvalue weighted by Gasteiger charge is -2.25. The average molecular weight is 210 g/mol. The number of hydrogen-bond donors (Lipinski definition) is 0. The van der Waals surface area contributed by atoms with Gasteiger partial charge in [-0.2, -0.15) is 0 Å². The monoisotopic (exact) mass is 210 g/mol. The Morgan fingerprint density at radius 2 is 1.87 bits per heavy atom. The summed E-state index contributed by atoms with van der Waals surface area (Å²) in [6.07, 6.45) is 2.36. The lowest BCUT2D eigenvalue weighted by atomic mass is 10.2. The Balaban J connectivity index is 2.77. The number of imide groups is 1. The minimum absolute atomic E-state index is 0.233. The van der Waals surface area contributed by atoms with E-state index in [0.717, 1.165) is 4.90 Å². The van der Waals surface area contributed by atoms with Crippen molar-refractivity contribution in [2.24, 2.45) is 0 Å². The highest BCUT2D eigenvalue weighted by molar-refractivity contribution is 6.15. The first-order valence-corrected chi connectivity index (χ1v) is 4.79. The van der Waals surface area contributed by atoms with Gasteiger partial charge < -0.3 is 4.90 Å². The van der Waals surface area contributed by atoms with Crippen LogP contribution in [-0.2, 0) is 14.4 Å². The lowest BCUT2D eigenvalue weighted by Crippen LogP contribution is -2.48. The first kappa shape index (κ1) is 11.4. The van der Waals surface area contributed by atoms with Gasteiger partial charge in [0.15, 0.2) is 0 Å². The summed E-state index contributed by atoms with van der Waals surface area (Å²) in [5, 5.41) is 0. The van der Waals surface area contributed by atoms with Crippen LogP contribution in [0.15, 0.2) is 12.2 Å². The van der Waals surface area contributed by atoms with Gasteiger partial charge in [0.05, 0.1) is 0 Å². The summed E-state index contributed by atoms with van der Waals surface area (Å²) >= 11 is 0. The van der Waals surface area contributed by atoms with Gasteiger partial charge in [0.2, 0.25) is 5.91 Å². The highest BCUT2D eigenvalue weighted by Crippen LogP contribution is 2.10. The number of carbonyl (C=O) groups is 3. The maximum Gasteiger partial charge on any atom is 0.254 e. The van der Waals surface area contributed by atoms with Gasteiger partial charge in [-0.05, 0) is 13.8 Å². The molecule has 0 saturated heterocycles. The number of amides is 3. The van der Waals surface area contributed by atoms with Crippen LogP contribution in [0.4, 0.5) is 0 Å². The molecule has 82 valence electrons. The molecule has 0 N–H and O–H groups in total. The summed E-state index contributed by atoms with van der Waals surface area (Å²) in [6, 6.07) is -0.732. The average Bonchev–Trinajstić information content (AvgIpc) is 2.55. The first-order valence-electron chi connectivity index (χ1n) is 4.79. The van der Waals surface area contributed by atoms with Crippen molar-refractivity contribution in [1.82, 2.24) is 9.80 Å². The molecule has 1 heterocycles. The Morgan fingerprint density at radius 3 is 2.27 bits per heavy atom. The highest BCUT2D eigenvalue weighted by Gasteiger charge is 2.33. The molecule has 0 aliphatic carbocycles. The fraction of sp³-hybridized carbons (Fsp3) is 0.500. The van der Waals surface area contributed by atoms with Gasteiger partial charge >= 0.3 is 0 Å². The zero-order valence-electron chi connectivity index (χ0n) is 9.06. The van der Waals surface area contributed by atoms with Crippen LogP contribution >= 0.6 is 0 Å². The second kappa shape index (κ2) is 4.25. The van der Waals surface area contributed by atoms with Crippen molar-refractivity contribution in [3.63, 3.8) is 0 Å². The Morgan fingerprint density at radius 1 is 1.40 bits per heavy atom. The van der Waals surface area contributed by atoms with E-state index in [-0.39, 0.29) is 5.91 Å². The number of carbonyl (C=O) groups excluding carboxylic acids is 3. The predicted octanol–water partition coefficient (Wildman–Crippen LogP) is -0.222. The Hall–Kier alpha value is -1.65. The highest BCUT2D eigenvalue weighted by atomic mass is 16.2. The standard InChI is InChI=1S/C10H14N2O3/c1-4-11(3)10(15)7(2)12-8(13)5-6-9(12)14/h5-7H,4H2,1-3H3. The number of rotatable bonds is 3. The van der Waals surface area contributed by atoms with E-state index in [1.807, 2.05) is 6.92 Å². The summed E-state index contributed by atoms with van der Waals surface area (Å²) in [5.74, 6) is -1.08. The molecule has 0 fully saturated rings. The van der Waals surface area contributed by atoms with Crippen molar-refractivity contribution < 1.29 is 14.4 Å². The minimum Gasteiger partial charge on any atom is -0.344 e. The maximum absolute atomic E-state index is 11.7.